The van der Waals surface area contributed by atoms with Gasteiger partial charge in [-0.25, -0.2) is 13.4 Å². The normalized spacial score (nSPS) is 12.7. The standard InChI is InChI=1S/C12H20N4O2S2/c1-10(2)9-15-12(13)14-6-7-16(3)20(17,18)11-5-4-8-19-11/h4-5,8H,1,6-7,9H2,2-3H3,(H3,13,14,15). The van der Waals surface area contributed by atoms with E-state index < -0.39 is 10.0 Å². The molecule has 6 nitrogen and oxygen atoms in total. The van der Waals surface area contributed by atoms with Crippen LogP contribution in [0.15, 0.2) is 38.9 Å². The predicted molar refractivity (Wildman–Crippen MR) is 83.4 cm³/mol. The fourth-order valence-corrected chi connectivity index (χ4v) is 3.67. The largest absolute Gasteiger partial charge is 0.370 e. The first kappa shape index (κ1) is 16.7. The van der Waals surface area contributed by atoms with Crippen LogP contribution in [-0.4, -0.2) is 45.4 Å². The predicted octanol–water partition coefficient (Wildman–Crippen LogP) is 0.849. The quantitative estimate of drug-likeness (QED) is 0.443. The molecule has 1 rings (SSSR count). The SMILES string of the molecule is C=C(C)CN=C(N)NCCN(C)S(=O)(=O)c1cccs1. The van der Waals surface area contributed by atoms with E-state index in [0.717, 1.165) is 5.57 Å². The highest BCUT2D eigenvalue weighted by Gasteiger charge is 2.20. The van der Waals surface area contributed by atoms with Crippen LogP contribution in [0.2, 0.25) is 0 Å². The molecule has 112 valence electrons. The molecule has 1 aromatic heterocycles. The maximum absolute atomic E-state index is 12.1. The van der Waals surface area contributed by atoms with Gasteiger partial charge in [0.15, 0.2) is 5.96 Å². The van der Waals surface area contributed by atoms with Crippen molar-refractivity contribution in [1.82, 2.24) is 9.62 Å². The Labute approximate surface area is 124 Å². The van der Waals surface area contributed by atoms with Crippen LogP contribution in [0.5, 0.6) is 0 Å². The average molecular weight is 316 g/mol. The molecule has 0 aliphatic carbocycles. The highest BCUT2D eigenvalue weighted by Crippen LogP contribution is 2.19. The van der Waals surface area contributed by atoms with Gasteiger partial charge in [-0.05, 0) is 18.4 Å². The van der Waals surface area contributed by atoms with Crippen molar-refractivity contribution in [3.05, 3.63) is 29.7 Å². The van der Waals surface area contributed by atoms with E-state index in [0.29, 0.717) is 23.8 Å². The molecule has 20 heavy (non-hydrogen) atoms. The Morgan fingerprint density at radius 2 is 2.30 bits per heavy atom. The van der Waals surface area contributed by atoms with E-state index in [9.17, 15) is 8.42 Å². The van der Waals surface area contributed by atoms with E-state index in [1.165, 1.54) is 22.7 Å². The zero-order valence-electron chi connectivity index (χ0n) is 11.7. The summed E-state index contributed by atoms with van der Waals surface area (Å²) < 4.78 is 25.9. The number of sulfonamides is 1. The monoisotopic (exact) mass is 316 g/mol. The zero-order valence-corrected chi connectivity index (χ0v) is 13.3. The second-order valence-electron chi connectivity index (χ2n) is 4.34. The van der Waals surface area contributed by atoms with Crippen LogP contribution in [0.1, 0.15) is 6.92 Å². The summed E-state index contributed by atoms with van der Waals surface area (Å²) in [5, 5.41) is 4.61. The molecule has 0 spiro atoms. The minimum absolute atomic E-state index is 0.287. The lowest BCUT2D eigenvalue weighted by Gasteiger charge is -2.16. The van der Waals surface area contributed by atoms with Gasteiger partial charge in [0, 0.05) is 20.1 Å². The molecular weight excluding hydrogens is 296 g/mol. The molecule has 0 aromatic carbocycles. The Bertz CT molecular complexity index is 564. The fraction of sp³-hybridized carbons (Fsp3) is 0.417. The van der Waals surface area contributed by atoms with Crippen LogP contribution in [0.3, 0.4) is 0 Å². The van der Waals surface area contributed by atoms with Gasteiger partial charge in [0.2, 0.25) is 0 Å². The number of aliphatic imine (C=N–C) groups is 1. The lowest BCUT2D eigenvalue weighted by molar-refractivity contribution is 0.472. The number of nitrogens with zero attached hydrogens (tertiary/aromatic N) is 2. The molecule has 0 aliphatic rings. The molecule has 0 bridgehead atoms. The molecule has 0 radical (unpaired) electrons. The summed E-state index contributed by atoms with van der Waals surface area (Å²) in [6.45, 7) is 6.74. The third kappa shape index (κ3) is 4.95. The number of likely N-dealkylation sites (N-methyl/N-ethyl adjacent to an activating group) is 1. The third-order valence-corrected chi connectivity index (χ3v) is 5.64. The first-order valence-electron chi connectivity index (χ1n) is 6.02. The number of hydrogen-bond donors (Lipinski definition) is 2. The van der Waals surface area contributed by atoms with Crippen LogP contribution < -0.4 is 11.1 Å². The molecule has 0 aliphatic heterocycles. The van der Waals surface area contributed by atoms with Crippen molar-refractivity contribution < 1.29 is 8.42 Å². The zero-order chi connectivity index (χ0) is 15.2. The van der Waals surface area contributed by atoms with E-state index in [1.54, 1.807) is 17.5 Å². The maximum Gasteiger partial charge on any atom is 0.252 e. The van der Waals surface area contributed by atoms with Gasteiger partial charge >= 0.3 is 0 Å². The molecule has 1 heterocycles. The van der Waals surface area contributed by atoms with Crippen molar-refractivity contribution in [2.45, 2.75) is 11.1 Å². The Balaban J connectivity index is 2.46. The summed E-state index contributed by atoms with van der Waals surface area (Å²) in [6.07, 6.45) is 0. The number of rotatable bonds is 7. The lowest BCUT2D eigenvalue weighted by Crippen LogP contribution is -2.39. The highest BCUT2D eigenvalue weighted by atomic mass is 32.2. The molecule has 0 atom stereocenters. The summed E-state index contributed by atoms with van der Waals surface area (Å²) >= 11 is 1.20. The van der Waals surface area contributed by atoms with Gasteiger partial charge < -0.3 is 11.1 Å². The lowest BCUT2D eigenvalue weighted by atomic mass is 10.4. The summed E-state index contributed by atoms with van der Waals surface area (Å²) in [4.78, 5) is 4.05. The molecule has 0 saturated carbocycles. The molecule has 0 amide bonds. The maximum atomic E-state index is 12.1. The Hall–Kier alpha value is -1.38. The minimum atomic E-state index is -3.40. The summed E-state index contributed by atoms with van der Waals surface area (Å²) in [5.41, 5.74) is 6.55. The first-order chi connectivity index (χ1) is 9.34. The van der Waals surface area contributed by atoms with Crippen molar-refractivity contribution in [3.8, 4) is 0 Å². The Kier molecular flexibility index (Phi) is 6.18. The minimum Gasteiger partial charge on any atom is -0.370 e. The molecule has 8 heteroatoms. The van der Waals surface area contributed by atoms with Gasteiger partial charge in [-0.1, -0.05) is 18.2 Å². The van der Waals surface area contributed by atoms with Gasteiger partial charge in [-0.15, -0.1) is 11.3 Å². The van der Waals surface area contributed by atoms with Crippen LogP contribution in [0.25, 0.3) is 0 Å². The van der Waals surface area contributed by atoms with Gasteiger partial charge in [-0.3, -0.25) is 0 Å². The summed E-state index contributed by atoms with van der Waals surface area (Å²) in [6, 6.07) is 3.30. The van der Waals surface area contributed by atoms with Crippen LogP contribution in [0, 0.1) is 0 Å². The number of thiophene rings is 1. The van der Waals surface area contributed by atoms with Gasteiger partial charge in [0.05, 0.1) is 6.54 Å². The van der Waals surface area contributed by atoms with Crippen molar-refractivity contribution >= 4 is 27.3 Å². The van der Waals surface area contributed by atoms with E-state index in [4.69, 9.17) is 5.73 Å². The number of hydrogen-bond acceptors (Lipinski definition) is 4. The molecule has 3 N–H and O–H groups in total. The topological polar surface area (TPSA) is 87.8 Å². The number of nitrogens with one attached hydrogen (secondary N) is 1. The molecule has 0 fully saturated rings. The number of nitrogens with two attached hydrogens (primary N) is 1. The van der Waals surface area contributed by atoms with Crippen molar-refractivity contribution in [2.24, 2.45) is 10.7 Å². The smallest absolute Gasteiger partial charge is 0.252 e. The van der Waals surface area contributed by atoms with Crippen LogP contribution in [-0.2, 0) is 10.0 Å². The molecule has 0 saturated heterocycles. The van der Waals surface area contributed by atoms with Crippen LogP contribution in [0.4, 0.5) is 0 Å². The molecular formula is C12H20N4O2S2. The van der Waals surface area contributed by atoms with E-state index >= 15 is 0 Å². The van der Waals surface area contributed by atoms with Gasteiger partial charge in [-0.2, -0.15) is 4.31 Å². The fourth-order valence-electron chi connectivity index (χ4n) is 1.30. The molecule has 0 unspecified atom stereocenters. The molecule has 1 aromatic rings. The third-order valence-electron chi connectivity index (χ3n) is 2.41. The summed E-state index contributed by atoms with van der Waals surface area (Å²) in [5.74, 6) is 0.287. The van der Waals surface area contributed by atoms with Gasteiger partial charge in [0.25, 0.3) is 10.0 Å². The van der Waals surface area contributed by atoms with Crippen molar-refractivity contribution in [2.75, 3.05) is 26.7 Å². The van der Waals surface area contributed by atoms with E-state index in [-0.39, 0.29) is 5.96 Å². The Morgan fingerprint density at radius 3 is 2.85 bits per heavy atom. The van der Waals surface area contributed by atoms with E-state index in [1.807, 2.05) is 6.92 Å². The summed E-state index contributed by atoms with van der Waals surface area (Å²) in [7, 11) is -1.86. The second kappa shape index (κ2) is 7.41. The van der Waals surface area contributed by atoms with Gasteiger partial charge in [0.1, 0.15) is 4.21 Å². The number of guanidine groups is 1. The Morgan fingerprint density at radius 1 is 1.60 bits per heavy atom. The van der Waals surface area contributed by atoms with E-state index in [2.05, 4.69) is 16.9 Å². The average Bonchev–Trinajstić information content (AvgIpc) is 2.90. The van der Waals surface area contributed by atoms with Crippen LogP contribution >= 0.6 is 11.3 Å². The first-order valence-corrected chi connectivity index (χ1v) is 8.34. The highest BCUT2D eigenvalue weighted by molar-refractivity contribution is 7.91. The van der Waals surface area contributed by atoms with Crippen molar-refractivity contribution in [3.63, 3.8) is 0 Å². The van der Waals surface area contributed by atoms with Crippen molar-refractivity contribution in [1.29, 1.82) is 0 Å². The second-order valence-corrected chi connectivity index (χ2v) is 7.56.